The average Bonchev–Trinajstić information content (AvgIpc) is 3.03. The van der Waals surface area contributed by atoms with Gasteiger partial charge in [0.05, 0.1) is 0 Å². The fourth-order valence-electron chi connectivity index (χ4n) is 5.62. The topological polar surface area (TPSA) is 68.3 Å². The number of benzene rings is 4. The van der Waals surface area contributed by atoms with E-state index < -0.39 is 37.7 Å². The molecule has 2 atom stereocenters. The van der Waals surface area contributed by atoms with E-state index in [0.717, 1.165) is 11.1 Å². The Balaban J connectivity index is 0.000000240. The molecule has 0 spiro atoms. The normalized spacial score (nSPS) is 12.7. The lowest BCUT2D eigenvalue weighted by Gasteiger charge is -2.35. The fraction of sp³-hybridized carbons (Fsp3) is 0.222. The van der Waals surface area contributed by atoms with Crippen LogP contribution in [0.4, 0.5) is 0 Å². The Labute approximate surface area is 278 Å². The lowest BCUT2D eigenvalue weighted by atomic mass is 9.68. The second kappa shape index (κ2) is 16.2. The molecular formula is C36H32Cl4O4. The summed E-state index contributed by atoms with van der Waals surface area (Å²) in [4.78, 5) is 49.0. The van der Waals surface area contributed by atoms with Crippen LogP contribution in [0.25, 0.3) is 0 Å². The first-order valence-electron chi connectivity index (χ1n) is 14.0. The van der Waals surface area contributed by atoms with Crippen LogP contribution in [0, 0.1) is 0 Å². The van der Waals surface area contributed by atoms with Gasteiger partial charge in [0.1, 0.15) is 10.8 Å². The molecule has 4 aromatic carbocycles. The number of carbonyl (C=O) groups is 4. The molecule has 0 aliphatic heterocycles. The molecule has 2 unspecified atom stereocenters. The molecule has 0 bridgehead atoms. The van der Waals surface area contributed by atoms with Crippen LogP contribution in [0.3, 0.4) is 0 Å². The third-order valence-electron chi connectivity index (χ3n) is 7.90. The molecule has 0 saturated carbocycles. The van der Waals surface area contributed by atoms with Crippen LogP contribution in [0.5, 0.6) is 0 Å². The number of hydrogen-bond acceptors (Lipinski definition) is 4. The molecular weight excluding hydrogens is 638 g/mol. The summed E-state index contributed by atoms with van der Waals surface area (Å²) in [6.45, 7) is 3.86. The van der Waals surface area contributed by atoms with Crippen LogP contribution in [0.15, 0.2) is 121 Å². The zero-order valence-corrected chi connectivity index (χ0v) is 27.3. The standard InChI is InChI=1S/2C18H16Cl2O2/c1-13(14-8-4-2-5-9-14)12-18(16(19)21,17(20)22)15-10-6-3-7-11-15;1-2-15(13-9-5-3-6-10-13)18(16(19)21,17(20)22)14-11-7-4-8-12-14/h2-11,13H,12H2,1H3;3-12,15H,2H2,1H3. The smallest absolute Gasteiger partial charge is 0.241 e. The molecule has 4 nitrogen and oxygen atoms in total. The molecule has 0 aliphatic rings. The summed E-state index contributed by atoms with van der Waals surface area (Å²) in [5, 5.41) is -3.01. The predicted molar refractivity (Wildman–Crippen MR) is 179 cm³/mol. The highest BCUT2D eigenvalue weighted by molar-refractivity contribution is 6.76. The minimum absolute atomic E-state index is 0.0493. The molecule has 0 amide bonds. The molecule has 228 valence electrons. The highest BCUT2D eigenvalue weighted by Gasteiger charge is 2.52. The summed E-state index contributed by atoms with van der Waals surface area (Å²) in [5.41, 5.74) is -0.181. The third kappa shape index (κ3) is 7.50. The fourth-order valence-corrected chi connectivity index (χ4v) is 6.92. The second-order valence-electron chi connectivity index (χ2n) is 10.4. The summed E-state index contributed by atoms with van der Waals surface area (Å²) in [6.07, 6.45) is 0.779. The van der Waals surface area contributed by atoms with E-state index in [9.17, 15) is 19.2 Å². The predicted octanol–water partition coefficient (Wildman–Crippen LogP) is 9.30. The van der Waals surface area contributed by atoms with E-state index in [4.69, 9.17) is 46.4 Å². The van der Waals surface area contributed by atoms with Crippen molar-refractivity contribution in [3.8, 4) is 0 Å². The van der Waals surface area contributed by atoms with Crippen molar-refractivity contribution in [3.05, 3.63) is 144 Å². The van der Waals surface area contributed by atoms with Crippen LogP contribution in [0.1, 0.15) is 60.8 Å². The van der Waals surface area contributed by atoms with Gasteiger partial charge in [0.2, 0.25) is 21.0 Å². The van der Waals surface area contributed by atoms with Crippen molar-refractivity contribution in [1.29, 1.82) is 0 Å². The maximum atomic E-state index is 12.3. The van der Waals surface area contributed by atoms with Gasteiger partial charge in [-0.2, -0.15) is 0 Å². The van der Waals surface area contributed by atoms with Gasteiger partial charge >= 0.3 is 0 Å². The van der Waals surface area contributed by atoms with Crippen molar-refractivity contribution in [2.75, 3.05) is 0 Å². The lowest BCUT2D eigenvalue weighted by molar-refractivity contribution is -0.128. The van der Waals surface area contributed by atoms with Gasteiger partial charge in [-0.05, 0) is 87.4 Å². The zero-order valence-electron chi connectivity index (χ0n) is 24.3. The van der Waals surface area contributed by atoms with Gasteiger partial charge in [-0.25, -0.2) is 0 Å². The molecule has 0 radical (unpaired) electrons. The van der Waals surface area contributed by atoms with Gasteiger partial charge in [0.25, 0.3) is 0 Å². The maximum absolute atomic E-state index is 12.3. The van der Waals surface area contributed by atoms with Crippen molar-refractivity contribution in [2.24, 2.45) is 0 Å². The first-order valence-corrected chi connectivity index (χ1v) is 15.5. The Bertz CT molecular complexity index is 1520. The van der Waals surface area contributed by atoms with Crippen LogP contribution in [-0.4, -0.2) is 21.0 Å². The van der Waals surface area contributed by atoms with E-state index in [1.165, 1.54) is 0 Å². The van der Waals surface area contributed by atoms with Gasteiger partial charge in [0.15, 0.2) is 0 Å². The van der Waals surface area contributed by atoms with E-state index in [2.05, 4.69) is 0 Å². The summed E-state index contributed by atoms with van der Waals surface area (Å²) < 4.78 is 0. The minimum Gasteiger partial charge on any atom is -0.280 e. The number of halogens is 4. The first-order chi connectivity index (χ1) is 21.0. The van der Waals surface area contributed by atoms with Gasteiger partial charge in [0, 0.05) is 5.92 Å². The van der Waals surface area contributed by atoms with Crippen molar-refractivity contribution < 1.29 is 19.2 Å². The molecule has 44 heavy (non-hydrogen) atoms. The van der Waals surface area contributed by atoms with Crippen molar-refractivity contribution in [3.63, 3.8) is 0 Å². The van der Waals surface area contributed by atoms with Gasteiger partial charge in [-0.1, -0.05) is 135 Å². The SMILES string of the molecule is CC(CC(C(=O)Cl)(C(=O)Cl)c1ccccc1)c1ccccc1.CCC(c1ccccc1)C(C(=O)Cl)(C(=O)Cl)c1ccccc1. The van der Waals surface area contributed by atoms with E-state index in [1.807, 2.05) is 86.6 Å². The molecule has 0 aromatic heterocycles. The van der Waals surface area contributed by atoms with Crippen LogP contribution >= 0.6 is 46.4 Å². The van der Waals surface area contributed by atoms with E-state index in [-0.39, 0.29) is 12.3 Å². The number of rotatable bonds is 12. The summed E-state index contributed by atoms with van der Waals surface area (Å²) in [6, 6.07) is 36.6. The molecule has 0 N–H and O–H groups in total. The summed E-state index contributed by atoms with van der Waals surface area (Å²) >= 11 is 23.5. The van der Waals surface area contributed by atoms with E-state index in [1.54, 1.807) is 48.5 Å². The average molecular weight is 670 g/mol. The number of carbonyl (C=O) groups excluding carboxylic acids is 4. The Kier molecular flexibility index (Phi) is 12.9. The molecule has 0 saturated heterocycles. The van der Waals surface area contributed by atoms with Crippen LogP contribution < -0.4 is 0 Å². The van der Waals surface area contributed by atoms with Gasteiger partial charge in [-0.3, -0.25) is 19.2 Å². The Morgan fingerprint density at radius 2 is 0.909 bits per heavy atom. The quantitative estimate of drug-likeness (QED) is 0.111. The monoisotopic (exact) mass is 668 g/mol. The van der Waals surface area contributed by atoms with Crippen LogP contribution in [-0.2, 0) is 30.0 Å². The highest BCUT2D eigenvalue weighted by Crippen LogP contribution is 2.45. The second-order valence-corrected chi connectivity index (χ2v) is 11.8. The third-order valence-corrected chi connectivity index (χ3v) is 9.14. The summed E-state index contributed by atoms with van der Waals surface area (Å²) in [5.74, 6) is -0.474. The Morgan fingerprint density at radius 1 is 0.545 bits per heavy atom. The van der Waals surface area contributed by atoms with Gasteiger partial charge < -0.3 is 0 Å². The zero-order chi connectivity index (χ0) is 32.3. The Hall–Kier alpha value is -3.28. The highest BCUT2D eigenvalue weighted by atomic mass is 35.5. The first kappa shape index (κ1) is 35.2. The largest absolute Gasteiger partial charge is 0.280 e. The molecule has 0 heterocycles. The van der Waals surface area contributed by atoms with Crippen LogP contribution in [0.2, 0.25) is 0 Å². The Morgan fingerprint density at radius 3 is 1.27 bits per heavy atom. The van der Waals surface area contributed by atoms with E-state index in [0.29, 0.717) is 17.5 Å². The van der Waals surface area contributed by atoms with Gasteiger partial charge in [-0.15, -0.1) is 0 Å². The lowest BCUT2D eigenvalue weighted by Crippen LogP contribution is -2.44. The van der Waals surface area contributed by atoms with Crippen molar-refractivity contribution in [1.82, 2.24) is 0 Å². The number of hydrogen-bond donors (Lipinski definition) is 0. The minimum atomic E-state index is -1.58. The molecule has 8 heteroatoms. The van der Waals surface area contributed by atoms with E-state index >= 15 is 0 Å². The molecule has 0 fully saturated rings. The molecule has 4 rings (SSSR count). The van der Waals surface area contributed by atoms with Crippen molar-refractivity contribution >= 4 is 67.4 Å². The maximum Gasteiger partial charge on any atom is 0.241 e. The molecule has 0 aliphatic carbocycles. The molecule has 4 aromatic rings. The van der Waals surface area contributed by atoms with Crippen molar-refractivity contribution in [2.45, 2.75) is 49.4 Å². The summed E-state index contributed by atoms with van der Waals surface area (Å²) in [7, 11) is 0.